The molecular weight excluding hydrogens is 777 g/mol. The first-order valence-corrected chi connectivity index (χ1v) is 22.6. The summed E-state index contributed by atoms with van der Waals surface area (Å²) < 4.78 is 2.68. The summed E-state index contributed by atoms with van der Waals surface area (Å²) >= 11 is 1.91. The third-order valence-corrected chi connectivity index (χ3v) is 14.9. The highest BCUT2D eigenvalue weighted by Crippen LogP contribution is 2.45. The molecule has 0 aliphatic rings. The van der Waals surface area contributed by atoms with E-state index in [1.165, 1.54) is 140 Å². The van der Waals surface area contributed by atoms with Crippen molar-refractivity contribution in [3.8, 4) is 33.4 Å². The highest BCUT2D eigenvalue weighted by Gasteiger charge is 2.16. The Morgan fingerprint density at radius 3 is 1.16 bits per heavy atom. The van der Waals surface area contributed by atoms with Crippen molar-refractivity contribution in [3.63, 3.8) is 0 Å². The van der Waals surface area contributed by atoms with Crippen molar-refractivity contribution in [3.05, 3.63) is 218 Å². The molecule has 290 valence electrons. The van der Waals surface area contributed by atoms with E-state index < -0.39 is 0 Å². The van der Waals surface area contributed by atoms with Crippen molar-refractivity contribution in [1.82, 2.24) is 0 Å². The van der Waals surface area contributed by atoms with E-state index in [0.717, 1.165) is 0 Å². The standard InChI is InChI=1S/C62H36S/c1-2-12-40-34-61-59(32-39(40)11-1)60-35-57-52-20-10-9-19-51(52)55-31-41(25-27-54(55)58(57)36-62(60)63-61)37-21-23-38(24-22-37)43-29-30-44(46-14-4-3-13-45(43)46)42-26-28-53-49-17-6-5-15-47(49)48-16-7-8-18-50(48)56(53)33-42/h1-36H. The van der Waals surface area contributed by atoms with Crippen LogP contribution in [0, 0.1) is 0 Å². The van der Waals surface area contributed by atoms with Crippen molar-refractivity contribution in [2.75, 3.05) is 0 Å². The smallest absolute Gasteiger partial charge is 0.0362 e. The van der Waals surface area contributed by atoms with Gasteiger partial charge in [-0.2, -0.15) is 0 Å². The van der Waals surface area contributed by atoms with Crippen LogP contribution in [0.25, 0.3) is 140 Å². The molecule has 0 saturated carbocycles. The van der Waals surface area contributed by atoms with Crippen LogP contribution < -0.4 is 0 Å². The summed E-state index contributed by atoms with van der Waals surface area (Å²) in [6.07, 6.45) is 0. The molecule has 14 rings (SSSR count). The summed E-state index contributed by atoms with van der Waals surface area (Å²) in [6.45, 7) is 0. The summed E-state index contributed by atoms with van der Waals surface area (Å²) in [5.74, 6) is 0. The van der Waals surface area contributed by atoms with Gasteiger partial charge in [-0.1, -0.05) is 182 Å². The molecule has 0 aliphatic heterocycles. The molecule has 1 heterocycles. The Hall–Kier alpha value is -7.84. The van der Waals surface area contributed by atoms with Crippen molar-refractivity contribution < 1.29 is 0 Å². The van der Waals surface area contributed by atoms with E-state index in [0.29, 0.717) is 0 Å². The summed E-state index contributed by atoms with van der Waals surface area (Å²) in [4.78, 5) is 0. The molecule has 0 saturated heterocycles. The maximum absolute atomic E-state index is 2.45. The number of benzene rings is 13. The quantitative estimate of drug-likeness (QED) is 0.156. The number of fused-ring (bicyclic) bond motifs is 17. The van der Waals surface area contributed by atoms with Gasteiger partial charge in [0.2, 0.25) is 0 Å². The zero-order valence-electron chi connectivity index (χ0n) is 34.2. The van der Waals surface area contributed by atoms with Crippen molar-refractivity contribution in [2.45, 2.75) is 0 Å². The van der Waals surface area contributed by atoms with E-state index >= 15 is 0 Å². The van der Waals surface area contributed by atoms with Gasteiger partial charge < -0.3 is 0 Å². The molecule has 14 aromatic rings. The van der Waals surface area contributed by atoms with Crippen LogP contribution in [-0.4, -0.2) is 0 Å². The summed E-state index contributed by atoms with van der Waals surface area (Å²) in [5, 5.41) is 23.4. The third kappa shape index (κ3) is 5.21. The second-order valence-corrected chi connectivity index (χ2v) is 18.2. The molecule has 0 radical (unpaired) electrons. The Bertz CT molecular complexity index is 4210. The lowest BCUT2D eigenvalue weighted by Gasteiger charge is -2.15. The van der Waals surface area contributed by atoms with E-state index in [1.807, 2.05) is 11.3 Å². The molecule has 0 nitrogen and oxygen atoms in total. The average molecular weight is 813 g/mol. The van der Waals surface area contributed by atoms with Gasteiger partial charge in [0.25, 0.3) is 0 Å². The van der Waals surface area contributed by atoms with E-state index in [9.17, 15) is 0 Å². The van der Waals surface area contributed by atoms with Crippen LogP contribution in [0.4, 0.5) is 0 Å². The van der Waals surface area contributed by atoms with Gasteiger partial charge in [-0.25, -0.2) is 0 Å². The topological polar surface area (TPSA) is 0 Å². The molecule has 0 N–H and O–H groups in total. The van der Waals surface area contributed by atoms with E-state index in [-0.39, 0.29) is 0 Å². The Morgan fingerprint density at radius 1 is 0.190 bits per heavy atom. The lowest BCUT2D eigenvalue weighted by molar-refractivity contribution is 1.62. The number of thiophene rings is 1. The Labute approximate surface area is 367 Å². The van der Waals surface area contributed by atoms with Gasteiger partial charge in [-0.15, -0.1) is 11.3 Å². The molecule has 1 heteroatoms. The molecule has 13 aromatic carbocycles. The van der Waals surface area contributed by atoms with Gasteiger partial charge in [0.05, 0.1) is 0 Å². The first-order chi connectivity index (χ1) is 31.2. The highest BCUT2D eigenvalue weighted by molar-refractivity contribution is 7.26. The second-order valence-electron chi connectivity index (χ2n) is 17.1. The molecule has 0 unspecified atom stereocenters. The Morgan fingerprint density at radius 2 is 0.556 bits per heavy atom. The number of hydrogen-bond donors (Lipinski definition) is 0. The predicted molar refractivity (Wildman–Crippen MR) is 276 cm³/mol. The van der Waals surface area contributed by atoms with Crippen molar-refractivity contribution >= 4 is 118 Å². The maximum atomic E-state index is 2.45. The molecular formula is C62H36S. The van der Waals surface area contributed by atoms with Crippen LogP contribution in [0.15, 0.2) is 218 Å². The number of hydrogen-bond acceptors (Lipinski definition) is 1. The van der Waals surface area contributed by atoms with Crippen LogP contribution in [0.1, 0.15) is 0 Å². The highest BCUT2D eigenvalue weighted by atomic mass is 32.1. The minimum absolute atomic E-state index is 1.22. The Kier molecular flexibility index (Phi) is 7.37. The SMILES string of the molecule is c1ccc2cc3c(cc2c1)sc1cc2c4ccc(-c5ccc(-c6ccc(-c7ccc8c9ccccc9c9ccccc9c8c7)c7ccccc67)cc5)cc4c4ccccc4c2cc13. The fourth-order valence-corrected chi connectivity index (χ4v) is 12.0. The van der Waals surface area contributed by atoms with Gasteiger partial charge >= 0.3 is 0 Å². The monoisotopic (exact) mass is 812 g/mol. The first kappa shape index (κ1) is 34.8. The van der Waals surface area contributed by atoms with Crippen LogP contribution in [0.3, 0.4) is 0 Å². The van der Waals surface area contributed by atoms with Gasteiger partial charge in [-0.05, 0) is 156 Å². The summed E-state index contributed by atoms with van der Waals surface area (Å²) in [5.41, 5.74) is 7.39. The molecule has 0 amide bonds. The van der Waals surface area contributed by atoms with Crippen LogP contribution >= 0.6 is 11.3 Å². The third-order valence-electron chi connectivity index (χ3n) is 13.8. The van der Waals surface area contributed by atoms with Crippen LogP contribution in [-0.2, 0) is 0 Å². The predicted octanol–water partition coefficient (Wildman–Crippen LogP) is 18.3. The zero-order chi connectivity index (χ0) is 41.2. The molecule has 0 aliphatic carbocycles. The lowest BCUT2D eigenvalue weighted by Crippen LogP contribution is -1.88. The Balaban J connectivity index is 0.866. The molecule has 1 aromatic heterocycles. The normalized spacial score (nSPS) is 12.1. The van der Waals surface area contributed by atoms with Crippen LogP contribution in [0.5, 0.6) is 0 Å². The average Bonchev–Trinajstić information content (AvgIpc) is 3.70. The van der Waals surface area contributed by atoms with E-state index in [4.69, 9.17) is 0 Å². The fraction of sp³-hybridized carbons (Fsp3) is 0. The number of rotatable bonds is 3. The molecule has 0 spiro atoms. The largest absolute Gasteiger partial charge is 0.135 e. The van der Waals surface area contributed by atoms with Crippen molar-refractivity contribution in [2.24, 2.45) is 0 Å². The zero-order valence-corrected chi connectivity index (χ0v) is 35.0. The molecule has 0 atom stereocenters. The van der Waals surface area contributed by atoms with Crippen LogP contribution in [0.2, 0.25) is 0 Å². The summed E-state index contributed by atoms with van der Waals surface area (Å²) in [7, 11) is 0. The second kappa shape index (κ2) is 13.3. The van der Waals surface area contributed by atoms with Gasteiger partial charge in [0.15, 0.2) is 0 Å². The van der Waals surface area contributed by atoms with Gasteiger partial charge in [0, 0.05) is 20.2 Å². The lowest BCUT2D eigenvalue weighted by atomic mass is 9.88. The molecule has 63 heavy (non-hydrogen) atoms. The van der Waals surface area contributed by atoms with Gasteiger partial charge in [-0.3, -0.25) is 0 Å². The molecule has 0 bridgehead atoms. The fourth-order valence-electron chi connectivity index (χ4n) is 10.8. The first-order valence-electron chi connectivity index (χ1n) is 21.8. The van der Waals surface area contributed by atoms with Gasteiger partial charge in [0.1, 0.15) is 0 Å². The minimum atomic E-state index is 1.22. The maximum Gasteiger partial charge on any atom is 0.0362 e. The summed E-state index contributed by atoms with van der Waals surface area (Å²) in [6, 6.07) is 81.8. The van der Waals surface area contributed by atoms with Crippen molar-refractivity contribution in [1.29, 1.82) is 0 Å². The minimum Gasteiger partial charge on any atom is -0.135 e. The van der Waals surface area contributed by atoms with E-state index in [1.54, 1.807) is 0 Å². The molecule has 0 fully saturated rings. The van der Waals surface area contributed by atoms with E-state index in [2.05, 4.69) is 218 Å².